The molecule has 0 spiro atoms. The van der Waals surface area contributed by atoms with Crippen molar-refractivity contribution in [1.82, 2.24) is 19.9 Å². The van der Waals surface area contributed by atoms with Gasteiger partial charge in [0, 0.05) is 17.2 Å². The van der Waals surface area contributed by atoms with Crippen molar-refractivity contribution in [3.63, 3.8) is 0 Å². The van der Waals surface area contributed by atoms with Crippen LogP contribution in [0, 0.1) is 0 Å². The largest absolute Gasteiger partial charge is 0.306 e. The summed E-state index contributed by atoms with van der Waals surface area (Å²) in [5.74, 6) is 0.924. The van der Waals surface area contributed by atoms with Crippen LogP contribution in [0.25, 0.3) is 5.65 Å². The Labute approximate surface area is 119 Å². The molecule has 3 aromatic rings. The first kappa shape index (κ1) is 12.3. The number of nitrogens with zero attached hydrogens (tertiary/aromatic N) is 3. The number of hydrogen-bond acceptors (Lipinski definition) is 3. The van der Waals surface area contributed by atoms with Gasteiger partial charge in [-0.1, -0.05) is 34.1 Å². The van der Waals surface area contributed by atoms with Gasteiger partial charge in [0.2, 0.25) is 0 Å². The van der Waals surface area contributed by atoms with Crippen molar-refractivity contribution in [2.75, 3.05) is 0 Å². The summed E-state index contributed by atoms with van der Waals surface area (Å²) in [4.78, 5) is 0. The van der Waals surface area contributed by atoms with Gasteiger partial charge in [0.1, 0.15) is 0 Å². The van der Waals surface area contributed by atoms with Crippen LogP contribution >= 0.6 is 15.9 Å². The average molecular weight is 317 g/mol. The fourth-order valence-electron chi connectivity index (χ4n) is 1.93. The fourth-order valence-corrected chi connectivity index (χ4v) is 2.20. The second-order valence-corrected chi connectivity index (χ2v) is 5.19. The van der Waals surface area contributed by atoms with E-state index in [9.17, 15) is 0 Å². The van der Waals surface area contributed by atoms with Gasteiger partial charge in [-0.3, -0.25) is 4.40 Å². The maximum Gasteiger partial charge on any atom is 0.160 e. The second-order valence-electron chi connectivity index (χ2n) is 4.28. The summed E-state index contributed by atoms with van der Waals surface area (Å²) in [7, 11) is 0. The summed E-state index contributed by atoms with van der Waals surface area (Å²) >= 11 is 3.43. The molecular formula is C14H13BrN4. The number of aromatic nitrogens is 3. The van der Waals surface area contributed by atoms with Crippen molar-refractivity contribution in [1.29, 1.82) is 0 Å². The third-order valence-electron chi connectivity index (χ3n) is 2.91. The minimum atomic E-state index is 0.696. The number of benzene rings is 1. The lowest BCUT2D eigenvalue weighted by molar-refractivity contribution is 0.656. The molecule has 0 radical (unpaired) electrons. The molecule has 0 aliphatic carbocycles. The van der Waals surface area contributed by atoms with Crippen LogP contribution in [0.4, 0.5) is 0 Å². The summed E-state index contributed by atoms with van der Waals surface area (Å²) < 4.78 is 3.09. The van der Waals surface area contributed by atoms with Gasteiger partial charge in [-0.2, -0.15) is 0 Å². The Morgan fingerprint density at radius 1 is 1.00 bits per heavy atom. The van der Waals surface area contributed by atoms with Crippen LogP contribution in [-0.4, -0.2) is 14.6 Å². The zero-order chi connectivity index (χ0) is 13.1. The van der Waals surface area contributed by atoms with E-state index < -0.39 is 0 Å². The third kappa shape index (κ3) is 2.83. The van der Waals surface area contributed by atoms with Gasteiger partial charge < -0.3 is 5.32 Å². The molecule has 2 aromatic heterocycles. The fraction of sp³-hybridized carbons (Fsp3) is 0.143. The lowest BCUT2D eigenvalue weighted by Crippen LogP contribution is -2.14. The highest BCUT2D eigenvalue weighted by molar-refractivity contribution is 9.10. The maximum atomic E-state index is 4.18. The number of rotatable bonds is 4. The van der Waals surface area contributed by atoms with E-state index in [0.717, 1.165) is 22.5 Å². The van der Waals surface area contributed by atoms with Gasteiger partial charge in [0.15, 0.2) is 11.5 Å². The molecule has 0 bridgehead atoms. The van der Waals surface area contributed by atoms with Crippen LogP contribution in [0.15, 0.2) is 53.1 Å². The van der Waals surface area contributed by atoms with E-state index >= 15 is 0 Å². The van der Waals surface area contributed by atoms with Crippen molar-refractivity contribution in [3.05, 3.63) is 64.5 Å². The van der Waals surface area contributed by atoms with E-state index in [4.69, 9.17) is 0 Å². The smallest absolute Gasteiger partial charge is 0.160 e. The van der Waals surface area contributed by atoms with Crippen molar-refractivity contribution in [3.8, 4) is 0 Å². The lowest BCUT2D eigenvalue weighted by Gasteiger charge is -2.04. The SMILES string of the molecule is Brc1ccc(CNCc2nnc3ccccn23)cc1. The molecule has 0 amide bonds. The highest BCUT2D eigenvalue weighted by Crippen LogP contribution is 2.10. The number of hydrogen-bond donors (Lipinski definition) is 1. The Morgan fingerprint density at radius 2 is 1.84 bits per heavy atom. The van der Waals surface area contributed by atoms with Gasteiger partial charge in [0.05, 0.1) is 6.54 Å². The summed E-state index contributed by atoms with van der Waals surface area (Å²) in [6.07, 6.45) is 1.98. The van der Waals surface area contributed by atoms with E-state index in [1.807, 2.05) is 40.9 Å². The Morgan fingerprint density at radius 3 is 2.68 bits per heavy atom. The molecule has 5 heteroatoms. The van der Waals surface area contributed by atoms with Gasteiger partial charge in [0.25, 0.3) is 0 Å². The Kier molecular flexibility index (Phi) is 3.57. The third-order valence-corrected chi connectivity index (χ3v) is 3.44. The molecule has 0 fully saturated rings. The monoisotopic (exact) mass is 316 g/mol. The average Bonchev–Trinajstić information content (AvgIpc) is 2.85. The molecular weight excluding hydrogens is 304 g/mol. The Hall–Kier alpha value is -1.72. The van der Waals surface area contributed by atoms with E-state index in [1.165, 1.54) is 5.56 Å². The maximum absolute atomic E-state index is 4.18. The molecule has 0 unspecified atom stereocenters. The first-order valence-electron chi connectivity index (χ1n) is 6.07. The zero-order valence-corrected chi connectivity index (χ0v) is 11.8. The predicted molar refractivity (Wildman–Crippen MR) is 77.7 cm³/mol. The lowest BCUT2D eigenvalue weighted by atomic mass is 10.2. The van der Waals surface area contributed by atoms with E-state index in [0.29, 0.717) is 6.54 Å². The van der Waals surface area contributed by atoms with Crippen LogP contribution in [-0.2, 0) is 13.1 Å². The molecule has 96 valence electrons. The van der Waals surface area contributed by atoms with Crippen molar-refractivity contribution < 1.29 is 0 Å². The Balaban J connectivity index is 1.65. The summed E-state index contributed by atoms with van der Waals surface area (Å²) in [6, 6.07) is 14.2. The van der Waals surface area contributed by atoms with E-state index in [-0.39, 0.29) is 0 Å². The van der Waals surface area contributed by atoms with Gasteiger partial charge in [-0.05, 0) is 29.8 Å². The molecule has 0 saturated heterocycles. The first-order chi connectivity index (χ1) is 9.33. The minimum absolute atomic E-state index is 0.696. The molecule has 2 heterocycles. The number of nitrogens with one attached hydrogen (secondary N) is 1. The first-order valence-corrected chi connectivity index (χ1v) is 6.86. The van der Waals surface area contributed by atoms with Gasteiger partial charge >= 0.3 is 0 Å². The highest BCUT2D eigenvalue weighted by atomic mass is 79.9. The minimum Gasteiger partial charge on any atom is -0.306 e. The van der Waals surface area contributed by atoms with Crippen LogP contribution in [0.1, 0.15) is 11.4 Å². The number of halogens is 1. The summed E-state index contributed by atoms with van der Waals surface area (Å²) in [5.41, 5.74) is 2.12. The van der Waals surface area contributed by atoms with Crippen LogP contribution in [0.3, 0.4) is 0 Å². The second kappa shape index (κ2) is 5.50. The number of pyridine rings is 1. The van der Waals surface area contributed by atoms with Crippen LogP contribution in [0.5, 0.6) is 0 Å². The quantitative estimate of drug-likeness (QED) is 0.804. The van der Waals surface area contributed by atoms with Gasteiger partial charge in [-0.25, -0.2) is 0 Å². The topological polar surface area (TPSA) is 42.2 Å². The molecule has 1 N–H and O–H groups in total. The standard InChI is InChI=1S/C14H13BrN4/c15-12-6-4-11(5-7-12)9-16-10-14-18-17-13-3-1-2-8-19(13)14/h1-8,16H,9-10H2. The van der Waals surface area contributed by atoms with Crippen molar-refractivity contribution in [2.45, 2.75) is 13.1 Å². The van der Waals surface area contributed by atoms with E-state index in [1.54, 1.807) is 0 Å². The van der Waals surface area contributed by atoms with Crippen LogP contribution in [0.2, 0.25) is 0 Å². The van der Waals surface area contributed by atoms with Gasteiger partial charge in [-0.15, -0.1) is 10.2 Å². The van der Waals surface area contributed by atoms with Crippen molar-refractivity contribution in [2.24, 2.45) is 0 Å². The molecule has 0 atom stereocenters. The molecule has 0 aliphatic rings. The molecule has 1 aromatic carbocycles. The summed E-state index contributed by atoms with van der Waals surface area (Å²) in [5, 5.41) is 11.7. The molecule has 0 aliphatic heterocycles. The number of fused-ring (bicyclic) bond motifs is 1. The Bertz CT molecular complexity index is 675. The molecule has 3 rings (SSSR count). The molecule has 19 heavy (non-hydrogen) atoms. The normalized spacial score (nSPS) is 11.0. The predicted octanol–water partition coefficient (Wildman–Crippen LogP) is 2.78. The van der Waals surface area contributed by atoms with Crippen LogP contribution < -0.4 is 5.32 Å². The van der Waals surface area contributed by atoms with Crippen molar-refractivity contribution >= 4 is 21.6 Å². The zero-order valence-electron chi connectivity index (χ0n) is 10.3. The molecule has 4 nitrogen and oxygen atoms in total. The van der Waals surface area contributed by atoms with E-state index in [2.05, 4.69) is 43.6 Å². The highest BCUT2D eigenvalue weighted by Gasteiger charge is 2.03. The summed E-state index contributed by atoms with van der Waals surface area (Å²) in [6.45, 7) is 1.51. The molecule has 0 saturated carbocycles.